The van der Waals surface area contributed by atoms with Crippen LogP contribution in [0, 0.1) is 0 Å². The van der Waals surface area contributed by atoms with E-state index in [1.165, 1.54) is 6.42 Å². The number of hydrogen-bond acceptors (Lipinski definition) is 3. The van der Waals surface area contributed by atoms with Crippen molar-refractivity contribution in [2.24, 2.45) is 7.05 Å². The van der Waals surface area contributed by atoms with E-state index in [1.54, 1.807) is 4.68 Å². The maximum atomic E-state index is 9.91. The third-order valence-corrected chi connectivity index (χ3v) is 2.77. The average molecular weight is 195 g/mol. The fourth-order valence-corrected chi connectivity index (χ4v) is 2.00. The van der Waals surface area contributed by atoms with Crippen molar-refractivity contribution < 1.29 is 5.11 Å². The van der Waals surface area contributed by atoms with Gasteiger partial charge in [0.2, 0.25) is 0 Å². The topological polar surface area (TPSA) is 50.1 Å². The van der Waals surface area contributed by atoms with Crippen molar-refractivity contribution in [3.63, 3.8) is 0 Å². The van der Waals surface area contributed by atoms with Gasteiger partial charge in [-0.15, -0.1) is 0 Å². The van der Waals surface area contributed by atoms with Crippen LogP contribution < -0.4 is 5.32 Å². The van der Waals surface area contributed by atoms with Crippen LogP contribution in [0.2, 0.25) is 0 Å². The van der Waals surface area contributed by atoms with Crippen LogP contribution >= 0.6 is 0 Å². The van der Waals surface area contributed by atoms with E-state index >= 15 is 0 Å². The number of aromatic nitrogens is 2. The minimum absolute atomic E-state index is 0.273. The molecule has 1 aliphatic heterocycles. The Morgan fingerprint density at radius 1 is 1.79 bits per heavy atom. The molecule has 14 heavy (non-hydrogen) atoms. The van der Waals surface area contributed by atoms with Gasteiger partial charge < -0.3 is 10.4 Å². The van der Waals surface area contributed by atoms with Crippen molar-refractivity contribution in [2.75, 3.05) is 6.54 Å². The summed E-state index contributed by atoms with van der Waals surface area (Å²) in [4.78, 5) is 0. The molecule has 1 saturated heterocycles. The molecule has 1 fully saturated rings. The lowest BCUT2D eigenvalue weighted by molar-refractivity contribution is 0.136. The van der Waals surface area contributed by atoms with Crippen LogP contribution in [0.1, 0.15) is 18.4 Å². The van der Waals surface area contributed by atoms with Crippen molar-refractivity contribution in [1.82, 2.24) is 15.1 Å². The van der Waals surface area contributed by atoms with Gasteiger partial charge in [0.05, 0.1) is 12.3 Å². The van der Waals surface area contributed by atoms with Crippen molar-refractivity contribution in [3.05, 3.63) is 18.0 Å². The fraction of sp³-hybridized carbons (Fsp3) is 0.700. The summed E-state index contributed by atoms with van der Waals surface area (Å²) >= 11 is 0. The standard InChI is InChI=1S/C10H17N3O/c1-13-7-8(6-12-13)5-10(14)9-3-2-4-11-9/h6-7,9-11,14H,2-5H2,1H3/t9-,10?/m0/s1. The molecule has 1 aromatic heterocycles. The summed E-state index contributed by atoms with van der Waals surface area (Å²) in [5.74, 6) is 0. The van der Waals surface area contributed by atoms with Gasteiger partial charge in [0.25, 0.3) is 0 Å². The van der Waals surface area contributed by atoms with Gasteiger partial charge >= 0.3 is 0 Å². The van der Waals surface area contributed by atoms with Gasteiger partial charge in [0.15, 0.2) is 0 Å². The van der Waals surface area contributed by atoms with Crippen LogP contribution in [0.15, 0.2) is 12.4 Å². The van der Waals surface area contributed by atoms with Gasteiger partial charge in [-0.25, -0.2) is 0 Å². The molecule has 0 saturated carbocycles. The minimum atomic E-state index is -0.276. The first-order chi connectivity index (χ1) is 6.75. The second-order valence-electron chi connectivity index (χ2n) is 4.00. The second kappa shape index (κ2) is 4.11. The Bertz CT molecular complexity index is 291. The predicted molar refractivity (Wildman–Crippen MR) is 53.9 cm³/mol. The largest absolute Gasteiger partial charge is 0.391 e. The van der Waals surface area contributed by atoms with Crippen LogP contribution in [-0.4, -0.2) is 33.6 Å². The van der Waals surface area contributed by atoms with Gasteiger partial charge in [0.1, 0.15) is 0 Å². The zero-order chi connectivity index (χ0) is 9.97. The van der Waals surface area contributed by atoms with Crippen LogP contribution in [0.4, 0.5) is 0 Å². The zero-order valence-corrected chi connectivity index (χ0v) is 8.48. The fourth-order valence-electron chi connectivity index (χ4n) is 2.00. The van der Waals surface area contributed by atoms with Crippen molar-refractivity contribution in [3.8, 4) is 0 Å². The molecule has 1 aromatic rings. The summed E-state index contributed by atoms with van der Waals surface area (Å²) in [7, 11) is 1.89. The van der Waals surface area contributed by atoms with E-state index in [0.29, 0.717) is 6.42 Å². The molecule has 1 unspecified atom stereocenters. The Hall–Kier alpha value is -0.870. The number of rotatable bonds is 3. The van der Waals surface area contributed by atoms with Gasteiger partial charge in [0, 0.05) is 25.7 Å². The Balaban J connectivity index is 1.90. The summed E-state index contributed by atoms with van der Waals surface area (Å²) in [5.41, 5.74) is 1.11. The molecule has 0 bridgehead atoms. The monoisotopic (exact) mass is 195 g/mol. The van der Waals surface area contributed by atoms with E-state index in [2.05, 4.69) is 10.4 Å². The molecule has 78 valence electrons. The van der Waals surface area contributed by atoms with Crippen LogP contribution in [0.5, 0.6) is 0 Å². The SMILES string of the molecule is Cn1cc(CC(O)[C@@H]2CCCN2)cn1. The molecule has 0 spiro atoms. The summed E-state index contributed by atoms with van der Waals surface area (Å²) in [6, 6.07) is 0.273. The Morgan fingerprint density at radius 3 is 3.21 bits per heavy atom. The van der Waals surface area contributed by atoms with E-state index in [4.69, 9.17) is 0 Å². The first kappa shape index (κ1) is 9.68. The molecule has 2 rings (SSSR count). The maximum absolute atomic E-state index is 9.91. The quantitative estimate of drug-likeness (QED) is 0.718. The number of hydrogen-bond donors (Lipinski definition) is 2. The maximum Gasteiger partial charge on any atom is 0.0734 e. The molecule has 1 aliphatic rings. The summed E-state index contributed by atoms with van der Waals surface area (Å²) in [6.07, 6.45) is 6.46. The first-order valence-electron chi connectivity index (χ1n) is 5.14. The smallest absolute Gasteiger partial charge is 0.0734 e. The van der Waals surface area contributed by atoms with Crippen molar-refractivity contribution in [2.45, 2.75) is 31.4 Å². The third kappa shape index (κ3) is 2.13. The number of aryl methyl sites for hydroxylation is 1. The normalized spacial score (nSPS) is 24.0. The highest BCUT2D eigenvalue weighted by molar-refractivity contribution is 5.06. The molecule has 4 heteroatoms. The van der Waals surface area contributed by atoms with E-state index < -0.39 is 0 Å². The highest BCUT2D eigenvalue weighted by Crippen LogP contribution is 2.13. The first-order valence-corrected chi connectivity index (χ1v) is 5.14. The van der Waals surface area contributed by atoms with Crippen LogP contribution in [-0.2, 0) is 13.5 Å². The zero-order valence-electron chi connectivity index (χ0n) is 8.48. The summed E-state index contributed by atoms with van der Waals surface area (Å²) < 4.78 is 1.77. The Kier molecular flexibility index (Phi) is 2.84. The van der Waals surface area contributed by atoms with Crippen LogP contribution in [0.3, 0.4) is 0 Å². The highest BCUT2D eigenvalue weighted by atomic mass is 16.3. The molecular formula is C10H17N3O. The van der Waals surface area contributed by atoms with E-state index in [-0.39, 0.29) is 12.1 Å². The molecule has 0 aromatic carbocycles. The molecule has 2 atom stereocenters. The molecule has 0 aliphatic carbocycles. The lowest BCUT2D eigenvalue weighted by atomic mass is 10.0. The summed E-state index contributed by atoms with van der Waals surface area (Å²) in [5, 5.41) is 17.3. The number of nitrogens with zero attached hydrogens (tertiary/aromatic N) is 2. The van der Waals surface area contributed by atoms with E-state index in [1.807, 2.05) is 19.4 Å². The van der Waals surface area contributed by atoms with Gasteiger partial charge in [-0.2, -0.15) is 5.10 Å². The van der Waals surface area contributed by atoms with E-state index in [0.717, 1.165) is 18.5 Å². The predicted octanol–water partition coefficient (Wildman–Crippen LogP) is 0.0755. The Labute approximate surface area is 83.9 Å². The van der Waals surface area contributed by atoms with Crippen molar-refractivity contribution in [1.29, 1.82) is 0 Å². The van der Waals surface area contributed by atoms with Gasteiger partial charge in [-0.1, -0.05) is 0 Å². The van der Waals surface area contributed by atoms with Gasteiger partial charge in [-0.05, 0) is 24.9 Å². The summed E-state index contributed by atoms with van der Waals surface area (Å²) in [6.45, 7) is 1.04. The molecule has 0 radical (unpaired) electrons. The lowest BCUT2D eigenvalue weighted by Crippen LogP contribution is -2.36. The van der Waals surface area contributed by atoms with Gasteiger partial charge in [-0.3, -0.25) is 4.68 Å². The third-order valence-electron chi connectivity index (χ3n) is 2.77. The van der Waals surface area contributed by atoms with E-state index in [9.17, 15) is 5.11 Å². The van der Waals surface area contributed by atoms with Crippen molar-refractivity contribution >= 4 is 0 Å². The lowest BCUT2D eigenvalue weighted by Gasteiger charge is -2.17. The molecule has 2 N–H and O–H groups in total. The minimum Gasteiger partial charge on any atom is -0.391 e. The number of nitrogens with one attached hydrogen (secondary N) is 1. The highest BCUT2D eigenvalue weighted by Gasteiger charge is 2.22. The molecule has 2 heterocycles. The number of aliphatic hydroxyl groups excluding tert-OH is 1. The molecule has 0 amide bonds. The van der Waals surface area contributed by atoms with Crippen LogP contribution in [0.25, 0.3) is 0 Å². The Morgan fingerprint density at radius 2 is 2.64 bits per heavy atom. The molecular weight excluding hydrogens is 178 g/mol. The number of aliphatic hydroxyl groups is 1. The second-order valence-corrected chi connectivity index (χ2v) is 4.00. The average Bonchev–Trinajstić information content (AvgIpc) is 2.75. The molecule has 4 nitrogen and oxygen atoms in total.